The lowest BCUT2D eigenvalue weighted by molar-refractivity contribution is 0.0728. The number of fused-ring (bicyclic) bond motifs is 2. The molecule has 0 saturated carbocycles. The summed E-state index contributed by atoms with van der Waals surface area (Å²) in [4.78, 5) is 26.6. The number of rotatable bonds is 2. The standard InChI is InChI=1S/C24H24N4O/c1-16-13-19-8-5-6-10-22(19)28(16)23-14-21(25-17(2)26-23)24(29)27-12-11-18-7-3-4-9-20(18)15-27/h3-10,14,16H,11-13,15H2,1-2H3. The molecule has 0 aliphatic carbocycles. The van der Waals surface area contributed by atoms with Crippen molar-refractivity contribution in [2.24, 2.45) is 0 Å². The fraction of sp³-hybridized carbons (Fsp3) is 0.292. The average Bonchev–Trinajstić information content (AvgIpc) is 3.08. The molecule has 0 fully saturated rings. The molecule has 29 heavy (non-hydrogen) atoms. The fourth-order valence-electron chi connectivity index (χ4n) is 4.53. The Balaban J connectivity index is 1.47. The zero-order chi connectivity index (χ0) is 20.0. The van der Waals surface area contributed by atoms with E-state index in [2.05, 4.69) is 64.3 Å². The number of nitrogens with zero attached hydrogens (tertiary/aromatic N) is 4. The van der Waals surface area contributed by atoms with Crippen molar-refractivity contribution in [3.8, 4) is 0 Å². The van der Waals surface area contributed by atoms with Crippen LogP contribution in [0.3, 0.4) is 0 Å². The first-order chi connectivity index (χ1) is 14.1. The number of hydrogen-bond donors (Lipinski definition) is 0. The van der Waals surface area contributed by atoms with E-state index in [0.717, 1.165) is 25.2 Å². The Morgan fingerprint density at radius 1 is 1.00 bits per heavy atom. The second-order valence-electron chi connectivity index (χ2n) is 7.96. The number of amides is 1. The molecule has 5 rings (SSSR count). The van der Waals surface area contributed by atoms with Gasteiger partial charge in [-0.1, -0.05) is 42.5 Å². The summed E-state index contributed by atoms with van der Waals surface area (Å²) in [5, 5.41) is 0. The number of hydrogen-bond acceptors (Lipinski definition) is 4. The summed E-state index contributed by atoms with van der Waals surface area (Å²) < 4.78 is 0. The Morgan fingerprint density at radius 3 is 2.55 bits per heavy atom. The number of anilines is 2. The van der Waals surface area contributed by atoms with Crippen LogP contribution in [0.5, 0.6) is 0 Å². The summed E-state index contributed by atoms with van der Waals surface area (Å²) in [5.41, 5.74) is 5.52. The number of aromatic nitrogens is 2. The minimum atomic E-state index is -0.0219. The molecular weight excluding hydrogens is 360 g/mol. The molecule has 0 bridgehead atoms. The summed E-state index contributed by atoms with van der Waals surface area (Å²) in [7, 11) is 0. The molecule has 5 heteroatoms. The van der Waals surface area contributed by atoms with Crippen molar-refractivity contribution in [3.63, 3.8) is 0 Å². The lowest BCUT2D eigenvalue weighted by Crippen LogP contribution is -2.36. The van der Waals surface area contributed by atoms with E-state index in [1.807, 2.05) is 24.0 Å². The summed E-state index contributed by atoms with van der Waals surface area (Å²) in [6.45, 7) is 5.41. The van der Waals surface area contributed by atoms with E-state index in [0.29, 0.717) is 24.1 Å². The molecule has 0 spiro atoms. The van der Waals surface area contributed by atoms with E-state index in [1.165, 1.54) is 22.4 Å². The van der Waals surface area contributed by atoms with E-state index in [1.54, 1.807) is 0 Å². The van der Waals surface area contributed by atoms with E-state index in [9.17, 15) is 4.79 Å². The van der Waals surface area contributed by atoms with E-state index in [4.69, 9.17) is 0 Å². The maximum absolute atomic E-state index is 13.3. The molecule has 2 aromatic carbocycles. The molecule has 2 aliphatic heterocycles. The molecule has 0 radical (unpaired) electrons. The first kappa shape index (κ1) is 17.9. The third-order valence-electron chi connectivity index (χ3n) is 5.92. The van der Waals surface area contributed by atoms with Crippen molar-refractivity contribution in [2.75, 3.05) is 11.4 Å². The van der Waals surface area contributed by atoms with Gasteiger partial charge in [-0.25, -0.2) is 9.97 Å². The quantitative estimate of drug-likeness (QED) is 0.668. The molecule has 0 saturated heterocycles. The lowest BCUT2D eigenvalue weighted by atomic mass is 10.00. The van der Waals surface area contributed by atoms with Crippen LogP contribution < -0.4 is 4.90 Å². The van der Waals surface area contributed by atoms with Crippen LogP contribution in [0, 0.1) is 6.92 Å². The van der Waals surface area contributed by atoms with Crippen LogP contribution in [0.2, 0.25) is 0 Å². The number of para-hydroxylation sites is 1. The van der Waals surface area contributed by atoms with Crippen molar-refractivity contribution in [2.45, 2.75) is 39.3 Å². The second kappa shape index (κ2) is 6.99. The molecule has 146 valence electrons. The van der Waals surface area contributed by atoms with Crippen molar-refractivity contribution in [3.05, 3.63) is 82.8 Å². The zero-order valence-corrected chi connectivity index (χ0v) is 16.8. The summed E-state index contributed by atoms with van der Waals surface area (Å²) in [6, 6.07) is 18.9. The van der Waals surface area contributed by atoms with E-state index in [-0.39, 0.29) is 5.91 Å². The Hall–Kier alpha value is -3.21. The first-order valence-electron chi connectivity index (χ1n) is 10.2. The van der Waals surface area contributed by atoms with Crippen LogP contribution in [0.25, 0.3) is 0 Å². The number of carbonyl (C=O) groups is 1. The molecule has 5 nitrogen and oxygen atoms in total. The SMILES string of the molecule is Cc1nc(C(=O)N2CCc3ccccc3C2)cc(N2c3ccccc3CC2C)n1. The first-order valence-corrected chi connectivity index (χ1v) is 10.2. The van der Waals surface area contributed by atoms with Gasteiger partial charge in [-0.05, 0) is 49.4 Å². The number of aryl methyl sites for hydroxylation is 1. The number of benzene rings is 2. The highest BCUT2D eigenvalue weighted by atomic mass is 16.2. The smallest absolute Gasteiger partial charge is 0.272 e. The Bertz CT molecular complexity index is 1090. The normalized spacial score (nSPS) is 17.8. The van der Waals surface area contributed by atoms with Gasteiger partial charge in [0.2, 0.25) is 0 Å². The highest BCUT2D eigenvalue weighted by molar-refractivity contribution is 5.93. The Morgan fingerprint density at radius 2 is 1.72 bits per heavy atom. The van der Waals surface area contributed by atoms with Gasteiger partial charge in [-0.3, -0.25) is 4.79 Å². The average molecular weight is 384 g/mol. The number of carbonyl (C=O) groups excluding carboxylic acids is 1. The third kappa shape index (κ3) is 3.16. The Labute approximate surface area is 171 Å². The topological polar surface area (TPSA) is 49.3 Å². The third-order valence-corrected chi connectivity index (χ3v) is 5.92. The minimum absolute atomic E-state index is 0.0219. The molecule has 0 N–H and O–H groups in total. The Kier molecular flexibility index (Phi) is 4.31. The van der Waals surface area contributed by atoms with Crippen LogP contribution in [0.1, 0.15) is 39.9 Å². The molecule has 1 amide bonds. The molecule has 2 aliphatic rings. The zero-order valence-electron chi connectivity index (χ0n) is 16.8. The van der Waals surface area contributed by atoms with Gasteiger partial charge < -0.3 is 9.80 Å². The van der Waals surface area contributed by atoms with Gasteiger partial charge in [-0.15, -0.1) is 0 Å². The molecule has 3 aromatic rings. The summed E-state index contributed by atoms with van der Waals surface area (Å²) in [5.74, 6) is 1.40. The van der Waals surface area contributed by atoms with Gasteiger partial charge in [0.25, 0.3) is 5.91 Å². The summed E-state index contributed by atoms with van der Waals surface area (Å²) >= 11 is 0. The van der Waals surface area contributed by atoms with Crippen LogP contribution in [-0.4, -0.2) is 33.4 Å². The van der Waals surface area contributed by atoms with Crippen LogP contribution >= 0.6 is 0 Å². The molecule has 1 aromatic heterocycles. The van der Waals surface area contributed by atoms with Crippen LogP contribution in [-0.2, 0) is 19.4 Å². The predicted molar refractivity (Wildman–Crippen MR) is 113 cm³/mol. The predicted octanol–water partition coefficient (Wildman–Crippen LogP) is 4.07. The molecular formula is C24H24N4O. The van der Waals surface area contributed by atoms with Gasteiger partial charge in [0, 0.05) is 30.9 Å². The minimum Gasteiger partial charge on any atom is -0.333 e. The van der Waals surface area contributed by atoms with Gasteiger partial charge >= 0.3 is 0 Å². The second-order valence-corrected chi connectivity index (χ2v) is 7.96. The van der Waals surface area contributed by atoms with Gasteiger partial charge in [0.15, 0.2) is 0 Å². The van der Waals surface area contributed by atoms with Crippen molar-refractivity contribution >= 4 is 17.4 Å². The highest BCUT2D eigenvalue weighted by Crippen LogP contribution is 2.37. The van der Waals surface area contributed by atoms with Crippen molar-refractivity contribution < 1.29 is 4.79 Å². The molecule has 1 unspecified atom stereocenters. The van der Waals surface area contributed by atoms with Crippen LogP contribution in [0.15, 0.2) is 54.6 Å². The lowest BCUT2D eigenvalue weighted by Gasteiger charge is -2.29. The van der Waals surface area contributed by atoms with Gasteiger partial charge in [0.1, 0.15) is 17.3 Å². The van der Waals surface area contributed by atoms with Gasteiger partial charge in [-0.2, -0.15) is 0 Å². The van der Waals surface area contributed by atoms with Crippen LogP contribution in [0.4, 0.5) is 11.5 Å². The summed E-state index contributed by atoms with van der Waals surface area (Å²) in [6.07, 6.45) is 1.86. The monoisotopic (exact) mass is 384 g/mol. The maximum Gasteiger partial charge on any atom is 0.272 e. The largest absolute Gasteiger partial charge is 0.333 e. The van der Waals surface area contributed by atoms with E-state index >= 15 is 0 Å². The molecule has 3 heterocycles. The van der Waals surface area contributed by atoms with Crippen molar-refractivity contribution in [1.29, 1.82) is 0 Å². The van der Waals surface area contributed by atoms with Gasteiger partial charge in [0.05, 0.1) is 0 Å². The van der Waals surface area contributed by atoms with E-state index < -0.39 is 0 Å². The highest BCUT2D eigenvalue weighted by Gasteiger charge is 2.30. The van der Waals surface area contributed by atoms with Crippen molar-refractivity contribution in [1.82, 2.24) is 14.9 Å². The maximum atomic E-state index is 13.3. The molecule has 1 atom stereocenters. The fourth-order valence-corrected chi connectivity index (χ4v) is 4.53.